The van der Waals surface area contributed by atoms with Gasteiger partial charge in [0.1, 0.15) is 0 Å². The van der Waals surface area contributed by atoms with Crippen molar-refractivity contribution in [3.05, 3.63) is 132 Å². The highest BCUT2D eigenvalue weighted by Gasteiger charge is 2.19. The molecule has 0 unspecified atom stereocenters. The number of fused-ring (bicyclic) bond motifs is 5. The van der Waals surface area contributed by atoms with Crippen LogP contribution in [0.5, 0.6) is 0 Å². The fraction of sp³-hybridized carbons (Fsp3) is 0.0526. The number of benzene rings is 6. The highest BCUT2D eigenvalue weighted by molar-refractivity contribution is 6.21. The molecule has 2 nitrogen and oxygen atoms in total. The summed E-state index contributed by atoms with van der Waals surface area (Å²) in [7, 11) is 0. The van der Waals surface area contributed by atoms with Crippen molar-refractivity contribution in [2.45, 2.75) is 13.8 Å². The molecule has 2 aromatic heterocycles. The molecule has 2 heterocycles. The van der Waals surface area contributed by atoms with Crippen molar-refractivity contribution in [1.29, 1.82) is 0 Å². The molecular weight excluding hydrogens is 484 g/mol. The topological polar surface area (TPSA) is 25.8 Å². The van der Waals surface area contributed by atoms with E-state index in [0.29, 0.717) is 0 Å². The minimum atomic E-state index is 1.02. The molecule has 8 rings (SSSR count). The quantitative estimate of drug-likeness (QED) is 0.216. The normalized spacial score (nSPS) is 11.8. The lowest BCUT2D eigenvalue weighted by Gasteiger charge is -2.19. The molecule has 0 spiro atoms. The molecule has 2 heteroatoms. The van der Waals surface area contributed by atoms with Gasteiger partial charge in [0.15, 0.2) is 0 Å². The van der Waals surface area contributed by atoms with E-state index in [0.717, 1.165) is 22.1 Å². The fourth-order valence-electron chi connectivity index (χ4n) is 6.45. The van der Waals surface area contributed by atoms with Crippen LogP contribution in [0.2, 0.25) is 0 Å². The van der Waals surface area contributed by atoms with E-state index in [1.54, 1.807) is 0 Å². The molecule has 0 aliphatic rings. The van der Waals surface area contributed by atoms with Gasteiger partial charge in [-0.05, 0) is 59.0 Å². The van der Waals surface area contributed by atoms with Crippen LogP contribution in [0, 0.1) is 13.8 Å². The van der Waals surface area contributed by atoms with Gasteiger partial charge in [-0.3, -0.25) is 0 Å². The molecule has 6 aromatic carbocycles. The van der Waals surface area contributed by atoms with Crippen molar-refractivity contribution in [3.63, 3.8) is 0 Å². The standard InChI is InChI=1S/C38H26N2/c1-23-11-7-19-30-35(26-15-3-5-21-32(26)39-37(23)30)28-17-9-13-25-14-10-18-29(34(25)28)36-27-16-4-6-22-33(27)40-38-24(2)12-8-20-31(36)38/h3-22H,1-2H3. The molecule has 0 radical (unpaired) electrons. The van der Waals surface area contributed by atoms with Gasteiger partial charge >= 0.3 is 0 Å². The zero-order valence-electron chi connectivity index (χ0n) is 22.4. The first-order valence-electron chi connectivity index (χ1n) is 13.8. The molecule has 8 aromatic rings. The average Bonchev–Trinajstić information content (AvgIpc) is 2.99. The van der Waals surface area contributed by atoms with Crippen molar-refractivity contribution in [3.8, 4) is 22.3 Å². The number of aromatic nitrogens is 2. The summed E-state index contributed by atoms with van der Waals surface area (Å²) in [6.07, 6.45) is 0. The molecule has 0 saturated carbocycles. The molecule has 0 aliphatic carbocycles. The average molecular weight is 511 g/mol. The largest absolute Gasteiger partial charge is 0.247 e. The Bertz CT molecular complexity index is 2140. The zero-order chi connectivity index (χ0) is 26.8. The van der Waals surface area contributed by atoms with Gasteiger partial charge in [-0.25, -0.2) is 9.97 Å². The van der Waals surface area contributed by atoms with E-state index in [1.165, 1.54) is 65.7 Å². The minimum Gasteiger partial charge on any atom is -0.247 e. The van der Waals surface area contributed by atoms with Crippen molar-refractivity contribution >= 4 is 54.4 Å². The Morgan fingerprint density at radius 1 is 0.400 bits per heavy atom. The minimum absolute atomic E-state index is 1.02. The van der Waals surface area contributed by atoms with E-state index in [4.69, 9.17) is 9.97 Å². The number of pyridine rings is 2. The Morgan fingerprint density at radius 2 is 0.825 bits per heavy atom. The number of hydrogen-bond donors (Lipinski definition) is 0. The lowest BCUT2D eigenvalue weighted by Crippen LogP contribution is -1.95. The van der Waals surface area contributed by atoms with Gasteiger partial charge in [-0.1, -0.05) is 109 Å². The smallest absolute Gasteiger partial charge is 0.0745 e. The second-order valence-electron chi connectivity index (χ2n) is 10.7. The maximum absolute atomic E-state index is 5.11. The summed E-state index contributed by atoms with van der Waals surface area (Å²) in [6, 6.07) is 43.5. The zero-order valence-corrected chi connectivity index (χ0v) is 22.4. The first-order chi connectivity index (χ1) is 19.7. The van der Waals surface area contributed by atoms with E-state index < -0.39 is 0 Å². The highest BCUT2D eigenvalue weighted by atomic mass is 14.7. The third-order valence-corrected chi connectivity index (χ3v) is 8.27. The Balaban J connectivity index is 1.60. The molecule has 0 atom stereocenters. The predicted octanol–water partition coefficient (Wildman–Crippen LogP) is 10.2. The molecule has 0 amide bonds. The second kappa shape index (κ2) is 8.72. The first-order valence-corrected chi connectivity index (χ1v) is 13.8. The Kier molecular flexibility index (Phi) is 4.99. The van der Waals surface area contributed by atoms with E-state index >= 15 is 0 Å². The van der Waals surface area contributed by atoms with Crippen molar-refractivity contribution in [2.24, 2.45) is 0 Å². The van der Waals surface area contributed by atoms with Gasteiger partial charge in [0.2, 0.25) is 0 Å². The van der Waals surface area contributed by atoms with Crippen LogP contribution in [0.15, 0.2) is 121 Å². The lowest BCUT2D eigenvalue weighted by molar-refractivity contribution is 1.42. The van der Waals surface area contributed by atoms with Crippen molar-refractivity contribution in [1.82, 2.24) is 9.97 Å². The van der Waals surface area contributed by atoms with Gasteiger partial charge < -0.3 is 0 Å². The molecule has 40 heavy (non-hydrogen) atoms. The van der Waals surface area contributed by atoms with Crippen molar-refractivity contribution in [2.75, 3.05) is 0 Å². The number of nitrogens with zero attached hydrogens (tertiary/aromatic N) is 2. The van der Waals surface area contributed by atoms with Gasteiger partial charge in [-0.2, -0.15) is 0 Å². The number of rotatable bonds is 2. The van der Waals surface area contributed by atoms with E-state index in [2.05, 4.69) is 135 Å². The van der Waals surface area contributed by atoms with Crippen LogP contribution < -0.4 is 0 Å². The number of hydrogen-bond acceptors (Lipinski definition) is 2. The van der Waals surface area contributed by atoms with Gasteiger partial charge in [0.05, 0.1) is 22.1 Å². The first kappa shape index (κ1) is 22.9. The SMILES string of the molecule is Cc1cccc2c(-c3cccc4cccc(-c5c6ccccc6nc6c(C)cccc56)c34)c3ccccc3nc12. The monoisotopic (exact) mass is 510 g/mol. The van der Waals surface area contributed by atoms with Crippen LogP contribution in [0.3, 0.4) is 0 Å². The summed E-state index contributed by atoms with van der Waals surface area (Å²) in [4.78, 5) is 10.2. The molecule has 188 valence electrons. The van der Waals surface area contributed by atoms with Gasteiger partial charge in [-0.15, -0.1) is 0 Å². The van der Waals surface area contributed by atoms with Crippen molar-refractivity contribution < 1.29 is 0 Å². The number of aryl methyl sites for hydroxylation is 2. The fourth-order valence-corrected chi connectivity index (χ4v) is 6.45. The van der Waals surface area contributed by atoms with E-state index in [9.17, 15) is 0 Å². The summed E-state index contributed by atoms with van der Waals surface area (Å²) in [5.41, 5.74) is 11.4. The summed E-state index contributed by atoms with van der Waals surface area (Å²) in [6.45, 7) is 4.31. The molecule has 0 aliphatic heterocycles. The van der Waals surface area contributed by atoms with Gasteiger partial charge in [0.25, 0.3) is 0 Å². The summed E-state index contributed by atoms with van der Waals surface area (Å²) >= 11 is 0. The molecular formula is C38H26N2. The number of para-hydroxylation sites is 4. The third-order valence-electron chi connectivity index (χ3n) is 8.27. The van der Waals surface area contributed by atoms with Crippen LogP contribution in [0.25, 0.3) is 76.6 Å². The summed E-state index contributed by atoms with van der Waals surface area (Å²) < 4.78 is 0. The van der Waals surface area contributed by atoms with Crippen LogP contribution in [0.1, 0.15) is 11.1 Å². The van der Waals surface area contributed by atoms with Gasteiger partial charge in [0, 0.05) is 32.7 Å². The second-order valence-corrected chi connectivity index (χ2v) is 10.7. The van der Waals surface area contributed by atoms with E-state index in [1.807, 2.05) is 0 Å². The molecule has 0 saturated heterocycles. The maximum atomic E-state index is 5.11. The Labute approximate surface area is 232 Å². The third kappa shape index (κ3) is 3.29. The Hall–Kier alpha value is -5.08. The molecule has 0 fully saturated rings. The van der Waals surface area contributed by atoms with Crippen LogP contribution >= 0.6 is 0 Å². The predicted molar refractivity (Wildman–Crippen MR) is 170 cm³/mol. The summed E-state index contributed by atoms with van der Waals surface area (Å²) in [5.74, 6) is 0. The molecule has 0 bridgehead atoms. The highest BCUT2D eigenvalue weighted by Crippen LogP contribution is 2.45. The van der Waals surface area contributed by atoms with Crippen LogP contribution in [0.4, 0.5) is 0 Å². The molecule has 0 N–H and O–H groups in total. The van der Waals surface area contributed by atoms with Crippen LogP contribution in [-0.4, -0.2) is 9.97 Å². The van der Waals surface area contributed by atoms with E-state index in [-0.39, 0.29) is 0 Å². The maximum Gasteiger partial charge on any atom is 0.0745 e. The Morgan fingerprint density at radius 3 is 1.32 bits per heavy atom. The van der Waals surface area contributed by atoms with Crippen LogP contribution in [-0.2, 0) is 0 Å². The lowest BCUT2D eigenvalue weighted by atomic mass is 9.86. The summed E-state index contributed by atoms with van der Waals surface area (Å²) in [5, 5.41) is 7.18.